The molecular weight excluding hydrogens is 384 g/mol. The van der Waals surface area contributed by atoms with Crippen LogP contribution in [0.5, 0.6) is 0 Å². The number of fused-ring (bicyclic) bond motifs is 1. The van der Waals surface area contributed by atoms with Gasteiger partial charge in [-0.15, -0.1) is 20.4 Å². The second-order valence-electron chi connectivity index (χ2n) is 6.23. The van der Waals surface area contributed by atoms with E-state index < -0.39 is 12.2 Å². The molecule has 0 spiro atoms. The topological polar surface area (TPSA) is 73.8 Å². The minimum Gasteiger partial charge on any atom is -0.302 e. The van der Waals surface area contributed by atoms with Gasteiger partial charge >= 0.3 is 0 Å². The van der Waals surface area contributed by atoms with E-state index in [0.29, 0.717) is 10.2 Å². The molecule has 144 valence electrons. The molecule has 28 heavy (non-hydrogen) atoms. The maximum atomic E-state index is 13.1. The van der Waals surface area contributed by atoms with Crippen LogP contribution in [0.25, 0.3) is 17.0 Å². The highest BCUT2D eigenvalue weighted by atomic mass is 32.2. The molecule has 0 saturated carbocycles. The molecule has 4 aromatic rings. The van der Waals surface area contributed by atoms with Gasteiger partial charge in [-0.05, 0) is 43.3 Å². The summed E-state index contributed by atoms with van der Waals surface area (Å²) in [6.45, 7) is 4.83. The summed E-state index contributed by atoms with van der Waals surface area (Å²) >= 11 is 1.27. The number of hydrogen-bond donors (Lipinski definition) is 0. The molecule has 1 aromatic carbocycles. The summed E-state index contributed by atoms with van der Waals surface area (Å²) in [6.07, 6.45) is -1.85. The van der Waals surface area contributed by atoms with Crippen molar-refractivity contribution < 1.29 is 8.78 Å². The van der Waals surface area contributed by atoms with Crippen LogP contribution in [0.4, 0.5) is 8.78 Å². The van der Waals surface area contributed by atoms with Crippen LogP contribution in [0.15, 0.2) is 46.6 Å². The SMILES string of the molecule is CCCn1c(Sc2ccc3nnc(C(F)F)n3n2)nnc1-c1cccc(C)c1. The summed E-state index contributed by atoms with van der Waals surface area (Å²) in [5.74, 6) is 0.291. The predicted octanol–water partition coefficient (Wildman–Crippen LogP) is 4.19. The molecule has 0 atom stereocenters. The Morgan fingerprint density at radius 3 is 2.68 bits per heavy atom. The van der Waals surface area contributed by atoms with E-state index >= 15 is 0 Å². The lowest BCUT2D eigenvalue weighted by Gasteiger charge is -2.09. The molecule has 7 nitrogen and oxygen atoms in total. The van der Waals surface area contributed by atoms with Gasteiger partial charge in [0.2, 0.25) is 5.82 Å². The van der Waals surface area contributed by atoms with Gasteiger partial charge in [0.15, 0.2) is 16.6 Å². The Hall–Kier alpha value is -2.88. The van der Waals surface area contributed by atoms with Crippen molar-refractivity contribution in [2.24, 2.45) is 0 Å². The van der Waals surface area contributed by atoms with Crippen molar-refractivity contribution in [2.75, 3.05) is 0 Å². The lowest BCUT2D eigenvalue weighted by atomic mass is 10.1. The maximum absolute atomic E-state index is 13.1. The second-order valence-corrected chi connectivity index (χ2v) is 7.22. The van der Waals surface area contributed by atoms with Crippen molar-refractivity contribution in [1.29, 1.82) is 0 Å². The van der Waals surface area contributed by atoms with E-state index in [9.17, 15) is 8.78 Å². The first-order valence-electron chi connectivity index (χ1n) is 8.75. The summed E-state index contributed by atoms with van der Waals surface area (Å²) in [7, 11) is 0. The van der Waals surface area contributed by atoms with Gasteiger partial charge in [-0.25, -0.2) is 8.78 Å². The molecule has 3 aromatic heterocycles. The Kier molecular flexibility index (Phi) is 5.03. The molecule has 3 heterocycles. The van der Waals surface area contributed by atoms with Crippen molar-refractivity contribution in [3.63, 3.8) is 0 Å². The van der Waals surface area contributed by atoms with E-state index in [-0.39, 0.29) is 5.65 Å². The molecule has 0 amide bonds. The molecule has 0 aliphatic rings. The first-order valence-corrected chi connectivity index (χ1v) is 9.57. The number of hydrogen-bond acceptors (Lipinski definition) is 6. The number of aryl methyl sites for hydroxylation is 1. The third kappa shape index (κ3) is 3.47. The number of nitrogens with zero attached hydrogens (tertiary/aromatic N) is 7. The van der Waals surface area contributed by atoms with Crippen LogP contribution >= 0.6 is 11.8 Å². The first-order chi connectivity index (χ1) is 13.6. The monoisotopic (exact) mass is 401 g/mol. The summed E-state index contributed by atoms with van der Waals surface area (Å²) < 4.78 is 29.2. The van der Waals surface area contributed by atoms with Gasteiger partial charge in [-0.1, -0.05) is 30.7 Å². The average Bonchev–Trinajstić information content (AvgIpc) is 3.26. The van der Waals surface area contributed by atoms with Crippen LogP contribution in [-0.4, -0.2) is 34.6 Å². The minimum absolute atomic E-state index is 0.273. The molecule has 0 fully saturated rings. The molecule has 0 aliphatic carbocycles. The van der Waals surface area contributed by atoms with Crippen LogP contribution in [0.1, 0.15) is 31.2 Å². The van der Waals surface area contributed by atoms with E-state index in [1.807, 2.05) is 29.7 Å². The average molecular weight is 401 g/mol. The highest BCUT2D eigenvalue weighted by Crippen LogP contribution is 2.29. The zero-order valence-electron chi connectivity index (χ0n) is 15.3. The highest BCUT2D eigenvalue weighted by Gasteiger charge is 2.19. The third-order valence-corrected chi connectivity index (χ3v) is 5.01. The van der Waals surface area contributed by atoms with Crippen molar-refractivity contribution in [3.8, 4) is 11.4 Å². The smallest absolute Gasteiger partial charge is 0.299 e. The molecular formula is C18H17F2N7S. The van der Waals surface area contributed by atoms with Gasteiger partial charge in [-0.3, -0.25) is 0 Å². The minimum atomic E-state index is -2.75. The van der Waals surface area contributed by atoms with Gasteiger partial charge in [-0.2, -0.15) is 9.61 Å². The lowest BCUT2D eigenvalue weighted by molar-refractivity contribution is 0.137. The van der Waals surface area contributed by atoms with Crippen LogP contribution in [0.3, 0.4) is 0 Å². The van der Waals surface area contributed by atoms with E-state index in [1.165, 1.54) is 11.8 Å². The van der Waals surface area contributed by atoms with Crippen LogP contribution in [0, 0.1) is 6.92 Å². The molecule has 0 radical (unpaired) electrons. The summed E-state index contributed by atoms with van der Waals surface area (Å²) in [5, 5.41) is 21.3. The van der Waals surface area contributed by atoms with E-state index in [4.69, 9.17) is 0 Å². The number of rotatable bonds is 6. The molecule has 0 N–H and O–H groups in total. The molecule has 0 aliphatic heterocycles. The van der Waals surface area contributed by atoms with Gasteiger partial charge in [0, 0.05) is 12.1 Å². The molecule has 4 rings (SSSR count). The standard InChI is InChI=1S/C18H17F2N7S/c1-3-9-26-16(12-6-4-5-11(2)10-12)22-24-18(26)28-14-8-7-13-21-23-17(15(19)20)27(13)25-14/h4-8,10,15H,3,9H2,1-2H3. The Balaban J connectivity index is 1.72. The zero-order valence-corrected chi connectivity index (χ0v) is 16.1. The van der Waals surface area contributed by atoms with E-state index in [0.717, 1.165) is 34.4 Å². The van der Waals surface area contributed by atoms with Crippen molar-refractivity contribution in [1.82, 2.24) is 34.6 Å². The van der Waals surface area contributed by atoms with Crippen molar-refractivity contribution >= 4 is 17.4 Å². The first kappa shape index (κ1) is 18.5. The van der Waals surface area contributed by atoms with Gasteiger partial charge in [0.25, 0.3) is 6.43 Å². The molecule has 0 bridgehead atoms. The maximum Gasteiger partial charge on any atom is 0.299 e. The largest absolute Gasteiger partial charge is 0.302 e. The van der Waals surface area contributed by atoms with Crippen LogP contribution in [-0.2, 0) is 6.54 Å². The summed E-state index contributed by atoms with van der Waals surface area (Å²) in [6, 6.07) is 11.4. The van der Waals surface area contributed by atoms with E-state index in [1.54, 1.807) is 12.1 Å². The number of alkyl halides is 2. The fraction of sp³-hybridized carbons (Fsp3) is 0.278. The number of halogens is 2. The van der Waals surface area contributed by atoms with Crippen molar-refractivity contribution in [3.05, 3.63) is 47.8 Å². The summed E-state index contributed by atoms with van der Waals surface area (Å²) in [5.41, 5.74) is 2.39. The van der Waals surface area contributed by atoms with Crippen LogP contribution < -0.4 is 0 Å². The fourth-order valence-electron chi connectivity index (χ4n) is 2.86. The highest BCUT2D eigenvalue weighted by molar-refractivity contribution is 7.99. The van der Waals surface area contributed by atoms with Crippen LogP contribution in [0.2, 0.25) is 0 Å². The normalized spacial score (nSPS) is 11.6. The lowest BCUT2D eigenvalue weighted by Crippen LogP contribution is -2.03. The Morgan fingerprint density at radius 1 is 1.07 bits per heavy atom. The Morgan fingerprint density at radius 2 is 1.93 bits per heavy atom. The predicted molar refractivity (Wildman–Crippen MR) is 100 cm³/mol. The molecule has 0 saturated heterocycles. The quantitative estimate of drug-likeness (QED) is 0.482. The van der Waals surface area contributed by atoms with Gasteiger partial charge in [0.05, 0.1) is 0 Å². The van der Waals surface area contributed by atoms with Gasteiger partial charge in [0.1, 0.15) is 5.03 Å². The molecule has 0 unspecified atom stereocenters. The fourth-order valence-corrected chi connectivity index (χ4v) is 3.67. The number of aromatic nitrogens is 7. The van der Waals surface area contributed by atoms with Gasteiger partial charge < -0.3 is 4.57 Å². The summed E-state index contributed by atoms with van der Waals surface area (Å²) in [4.78, 5) is 0. The molecule has 10 heteroatoms. The van der Waals surface area contributed by atoms with Crippen molar-refractivity contribution in [2.45, 2.75) is 43.4 Å². The Labute approximate surface area is 163 Å². The Bertz CT molecular complexity index is 1120. The zero-order chi connectivity index (χ0) is 19.7. The van der Waals surface area contributed by atoms with E-state index in [2.05, 4.69) is 38.5 Å². The number of benzene rings is 1. The second kappa shape index (κ2) is 7.63. The third-order valence-electron chi connectivity index (χ3n) is 4.09.